The van der Waals surface area contributed by atoms with E-state index in [2.05, 4.69) is 5.32 Å². The summed E-state index contributed by atoms with van der Waals surface area (Å²) in [6, 6.07) is 5.63. The van der Waals surface area contributed by atoms with Gasteiger partial charge in [-0.2, -0.15) is 0 Å². The number of hydrogen-bond acceptors (Lipinski definition) is 3. The molecule has 0 heterocycles. The molecule has 0 radical (unpaired) electrons. The molecule has 1 saturated carbocycles. The molecule has 0 saturated heterocycles. The summed E-state index contributed by atoms with van der Waals surface area (Å²) in [7, 11) is 0. The summed E-state index contributed by atoms with van der Waals surface area (Å²) in [4.78, 5) is 23.5. The van der Waals surface area contributed by atoms with Crippen LogP contribution in [-0.2, 0) is 9.59 Å². The molecule has 22 heavy (non-hydrogen) atoms. The number of carbonyl (C=O) groups excluding carboxylic acids is 1. The lowest BCUT2D eigenvalue weighted by molar-refractivity contribution is -0.143. The summed E-state index contributed by atoms with van der Waals surface area (Å²) in [5, 5.41) is 12.0. The predicted molar refractivity (Wildman–Crippen MR) is 84.1 cm³/mol. The van der Waals surface area contributed by atoms with Gasteiger partial charge in [0.1, 0.15) is 5.75 Å². The molecule has 0 bridgehead atoms. The minimum atomic E-state index is -0.803. The Labute approximate surface area is 130 Å². The Bertz CT molecular complexity index is 556. The molecule has 1 fully saturated rings. The number of ether oxygens (including phenoxy) is 1. The first-order valence-electron chi connectivity index (χ1n) is 7.78. The zero-order valence-corrected chi connectivity index (χ0v) is 13.1. The standard InChI is InChI=1S/C17H23NO4/c1-3-22-15-9-11(2)7-8-14(15)18-16(19)12-5-4-6-13(10-12)17(20)21/h7-9,12-13H,3-6,10H2,1-2H3,(H,18,19)(H,20,21). The molecule has 0 spiro atoms. The molecule has 120 valence electrons. The van der Waals surface area contributed by atoms with E-state index in [9.17, 15) is 9.59 Å². The van der Waals surface area contributed by atoms with Crippen LogP contribution < -0.4 is 10.1 Å². The zero-order chi connectivity index (χ0) is 16.1. The van der Waals surface area contributed by atoms with Gasteiger partial charge in [-0.3, -0.25) is 9.59 Å². The van der Waals surface area contributed by atoms with Crippen molar-refractivity contribution in [3.05, 3.63) is 23.8 Å². The van der Waals surface area contributed by atoms with Crippen LogP contribution in [0.25, 0.3) is 0 Å². The Hall–Kier alpha value is -2.04. The fourth-order valence-electron chi connectivity index (χ4n) is 2.89. The Balaban J connectivity index is 2.07. The van der Waals surface area contributed by atoms with Crippen molar-refractivity contribution in [3.63, 3.8) is 0 Å². The summed E-state index contributed by atoms with van der Waals surface area (Å²) in [6.07, 6.45) is 2.59. The zero-order valence-electron chi connectivity index (χ0n) is 13.1. The van der Waals surface area contributed by atoms with Crippen LogP contribution in [0.3, 0.4) is 0 Å². The lowest BCUT2D eigenvalue weighted by Crippen LogP contribution is -2.31. The highest BCUT2D eigenvalue weighted by Crippen LogP contribution is 2.32. The average molecular weight is 305 g/mol. The molecule has 1 aromatic carbocycles. The van der Waals surface area contributed by atoms with E-state index in [1.54, 1.807) is 0 Å². The molecule has 2 atom stereocenters. The Morgan fingerprint density at radius 3 is 2.73 bits per heavy atom. The first-order chi connectivity index (χ1) is 10.5. The van der Waals surface area contributed by atoms with Gasteiger partial charge in [-0.15, -0.1) is 0 Å². The van der Waals surface area contributed by atoms with Crippen molar-refractivity contribution in [3.8, 4) is 5.75 Å². The van der Waals surface area contributed by atoms with E-state index in [1.165, 1.54) is 0 Å². The van der Waals surface area contributed by atoms with Crippen LogP contribution in [0.2, 0.25) is 0 Å². The molecule has 0 aliphatic heterocycles. The van der Waals surface area contributed by atoms with Gasteiger partial charge in [0.2, 0.25) is 5.91 Å². The fourth-order valence-corrected chi connectivity index (χ4v) is 2.89. The third kappa shape index (κ3) is 4.00. The number of carbonyl (C=O) groups is 2. The number of aliphatic carboxylic acids is 1. The van der Waals surface area contributed by atoms with Gasteiger partial charge < -0.3 is 15.2 Å². The Morgan fingerprint density at radius 1 is 1.32 bits per heavy atom. The number of aryl methyl sites for hydroxylation is 1. The SMILES string of the molecule is CCOc1cc(C)ccc1NC(=O)C1CCCC(C(=O)O)C1. The van der Waals surface area contributed by atoms with Crippen molar-refractivity contribution in [2.24, 2.45) is 11.8 Å². The van der Waals surface area contributed by atoms with Gasteiger partial charge in [0.25, 0.3) is 0 Å². The first kappa shape index (κ1) is 16.3. The second-order valence-electron chi connectivity index (χ2n) is 5.82. The molecule has 2 rings (SSSR count). The van der Waals surface area contributed by atoms with E-state index < -0.39 is 11.9 Å². The van der Waals surface area contributed by atoms with Gasteiger partial charge in [-0.1, -0.05) is 12.5 Å². The van der Waals surface area contributed by atoms with E-state index in [0.717, 1.165) is 18.4 Å². The number of carboxylic acid groups (broad SMARTS) is 1. The molecule has 1 aliphatic carbocycles. The van der Waals surface area contributed by atoms with Crippen LogP contribution in [0.5, 0.6) is 5.75 Å². The Kier molecular flexibility index (Phi) is 5.41. The summed E-state index contributed by atoms with van der Waals surface area (Å²) < 4.78 is 5.56. The van der Waals surface area contributed by atoms with Gasteiger partial charge in [0, 0.05) is 5.92 Å². The smallest absolute Gasteiger partial charge is 0.306 e. The average Bonchev–Trinajstić information content (AvgIpc) is 2.50. The third-order valence-corrected chi connectivity index (χ3v) is 4.09. The predicted octanol–water partition coefficient (Wildman–Crippen LogP) is 3.22. The number of amides is 1. The van der Waals surface area contributed by atoms with Gasteiger partial charge in [0.05, 0.1) is 18.2 Å². The van der Waals surface area contributed by atoms with E-state index in [4.69, 9.17) is 9.84 Å². The highest BCUT2D eigenvalue weighted by Gasteiger charge is 2.31. The number of nitrogens with one attached hydrogen (secondary N) is 1. The number of benzene rings is 1. The van der Waals surface area contributed by atoms with Crippen molar-refractivity contribution in [1.29, 1.82) is 0 Å². The van der Waals surface area contributed by atoms with E-state index in [1.807, 2.05) is 32.0 Å². The summed E-state index contributed by atoms with van der Waals surface area (Å²) in [6.45, 7) is 4.39. The lowest BCUT2D eigenvalue weighted by atomic mass is 9.81. The number of hydrogen-bond donors (Lipinski definition) is 2. The number of rotatable bonds is 5. The van der Waals surface area contributed by atoms with E-state index in [-0.39, 0.29) is 11.8 Å². The van der Waals surface area contributed by atoms with Crippen LogP contribution in [0.4, 0.5) is 5.69 Å². The molecular weight excluding hydrogens is 282 g/mol. The van der Waals surface area contributed by atoms with Crippen molar-refractivity contribution in [1.82, 2.24) is 0 Å². The normalized spacial score (nSPS) is 21.2. The second-order valence-corrected chi connectivity index (χ2v) is 5.82. The van der Waals surface area contributed by atoms with Crippen LogP contribution >= 0.6 is 0 Å². The topological polar surface area (TPSA) is 75.6 Å². The second kappa shape index (κ2) is 7.29. The van der Waals surface area contributed by atoms with Crippen molar-refractivity contribution >= 4 is 17.6 Å². The molecule has 0 aromatic heterocycles. The molecule has 2 unspecified atom stereocenters. The van der Waals surface area contributed by atoms with Gasteiger partial charge in [0.15, 0.2) is 0 Å². The van der Waals surface area contributed by atoms with Crippen molar-refractivity contribution in [2.75, 3.05) is 11.9 Å². The highest BCUT2D eigenvalue weighted by atomic mass is 16.5. The molecule has 5 nitrogen and oxygen atoms in total. The van der Waals surface area contributed by atoms with Crippen molar-refractivity contribution in [2.45, 2.75) is 39.5 Å². The number of anilines is 1. The van der Waals surface area contributed by atoms with Gasteiger partial charge in [-0.25, -0.2) is 0 Å². The molecule has 1 aromatic rings. The highest BCUT2D eigenvalue weighted by molar-refractivity contribution is 5.94. The molecule has 1 aliphatic rings. The summed E-state index contributed by atoms with van der Waals surface area (Å²) in [5.74, 6) is -0.917. The quantitative estimate of drug-likeness (QED) is 0.875. The van der Waals surface area contributed by atoms with Crippen molar-refractivity contribution < 1.29 is 19.4 Å². The van der Waals surface area contributed by atoms with Crippen LogP contribution in [0.15, 0.2) is 18.2 Å². The maximum Gasteiger partial charge on any atom is 0.306 e. The Morgan fingerprint density at radius 2 is 2.05 bits per heavy atom. The molecular formula is C17H23NO4. The molecule has 1 amide bonds. The maximum atomic E-state index is 12.4. The molecule has 5 heteroatoms. The largest absolute Gasteiger partial charge is 0.492 e. The minimum Gasteiger partial charge on any atom is -0.492 e. The van der Waals surface area contributed by atoms with Crippen LogP contribution in [0, 0.1) is 18.8 Å². The maximum absolute atomic E-state index is 12.4. The van der Waals surface area contributed by atoms with Gasteiger partial charge >= 0.3 is 5.97 Å². The van der Waals surface area contributed by atoms with Crippen LogP contribution in [0.1, 0.15) is 38.2 Å². The monoisotopic (exact) mass is 305 g/mol. The summed E-state index contributed by atoms with van der Waals surface area (Å²) >= 11 is 0. The van der Waals surface area contributed by atoms with E-state index in [0.29, 0.717) is 30.9 Å². The number of carboxylic acids is 1. The minimum absolute atomic E-state index is 0.115. The summed E-state index contributed by atoms with van der Waals surface area (Å²) in [5.41, 5.74) is 1.71. The first-order valence-corrected chi connectivity index (χ1v) is 7.78. The van der Waals surface area contributed by atoms with Gasteiger partial charge in [-0.05, 0) is 50.8 Å². The third-order valence-electron chi connectivity index (χ3n) is 4.09. The molecule has 2 N–H and O–H groups in total. The van der Waals surface area contributed by atoms with Crippen LogP contribution in [-0.4, -0.2) is 23.6 Å². The lowest BCUT2D eigenvalue weighted by Gasteiger charge is -2.26. The van der Waals surface area contributed by atoms with E-state index >= 15 is 0 Å². The fraction of sp³-hybridized carbons (Fsp3) is 0.529.